The zero-order valence-corrected chi connectivity index (χ0v) is 23.7. The summed E-state index contributed by atoms with van der Waals surface area (Å²) in [7, 11) is 0. The second-order valence-electron chi connectivity index (χ2n) is 10.9. The molecule has 4 unspecified atom stereocenters. The molecule has 3 aromatic rings. The van der Waals surface area contributed by atoms with Crippen LogP contribution in [-0.4, -0.2) is 45.8 Å². The monoisotopic (exact) mass is 556 g/mol. The number of aliphatic carboxylic acids is 1. The molecule has 7 N–H and O–H groups in total. The molecule has 4 atom stereocenters. The molecule has 8 nitrogen and oxygen atoms in total. The maximum atomic E-state index is 11.8. The molecule has 0 amide bonds. The molecule has 0 saturated heterocycles. The van der Waals surface area contributed by atoms with Gasteiger partial charge in [0.05, 0.1) is 12.6 Å². The van der Waals surface area contributed by atoms with E-state index in [0.717, 1.165) is 38.5 Å². The number of carboxylic acids is 1. The van der Waals surface area contributed by atoms with Gasteiger partial charge in [-0.15, -0.1) is 0 Å². The van der Waals surface area contributed by atoms with Crippen LogP contribution in [0.4, 0.5) is 5.82 Å². The van der Waals surface area contributed by atoms with Gasteiger partial charge in [-0.2, -0.15) is 0 Å². The van der Waals surface area contributed by atoms with Gasteiger partial charge in [0.2, 0.25) is 0 Å². The van der Waals surface area contributed by atoms with Crippen molar-refractivity contribution >= 4 is 34.6 Å². The molecule has 1 aliphatic carbocycles. The average Bonchev–Trinajstić information content (AvgIpc) is 3.46. The molecule has 2 aromatic carbocycles. The molecule has 0 spiro atoms. The van der Waals surface area contributed by atoms with E-state index in [1.165, 1.54) is 28.0 Å². The van der Waals surface area contributed by atoms with Crippen molar-refractivity contribution in [3.8, 4) is 0 Å². The minimum Gasteiger partial charge on any atom is -0.478 e. The maximum absolute atomic E-state index is 11.8. The average molecular weight is 557 g/mol. The van der Waals surface area contributed by atoms with E-state index >= 15 is 0 Å². The number of nitrogens with zero attached hydrogens (tertiary/aromatic N) is 2. The van der Waals surface area contributed by atoms with Gasteiger partial charge in [0.25, 0.3) is 0 Å². The van der Waals surface area contributed by atoms with Crippen molar-refractivity contribution in [3.05, 3.63) is 88.9 Å². The number of guanidine groups is 1. The quantitative estimate of drug-likeness (QED) is 0.0837. The lowest BCUT2D eigenvalue weighted by Crippen LogP contribution is -2.26. The van der Waals surface area contributed by atoms with Gasteiger partial charge in [0.1, 0.15) is 0 Å². The van der Waals surface area contributed by atoms with Gasteiger partial charge in [-0.3, -0.25) is 0 Å². The number of benzene rings is 2. The topological polar surface area (TPSA) is 152 Å². The van der Waals surface area contributed by atoms with Gasteiger partial charge in [0.15, 0.2) is 5.96 Å². The van der Waals surface area contributed by atoms with Crippen molar-refractivity contribution in [2.24, 2.45) is 22.4 Å². The lowest BCUT2D eigenvalue weighted by Gasteiger charge is -2.36. The van der Waals surface area contributed by atoms with Crippen molar-refractivity contribution < 1.29 is 15.0 Å². The summed E-state index contributed by atoms with van der Waals surface area (Å²) in [5, 5.41) is 27.5. The number of H-pyrrole nitrogens is 1. The summed E-state index contributed by atoms with van der Waals surface area (Å²) < 4.78 is 0. The minimum atomic E-state index is -1.06. The number of nitrogens with one attached hydrogen (secondary N) is 1. The third-order valence-corrected chi connectivity index (χ3v) is 7.89. The van der Waals surface area contributed by atoms with Crippen molar-refractivity contribution in [1.29, 1.82) is 0 Å². The standard InChI is InChI=1S/C33H42N5O3/c1-2-3-10-27(39)11-6-12-28-25(15-14-24-17-22-8-4-5-9-23(22)18-29(24)28)19-30(38-31-13-7-16-36-31)26(20-32(40)41)21-37-33(34)35/h4-5,7-9,13-18,20,25,27-28,30,36,39H,2-3,6,10-12,19,21H2,1H3,(H,40,41)(H4,34,35,37)/q-1. The van der Waals surface area contributed by atoms with Crippen LogP contribution in [0.1, 0.15) is 68.9 Å². The number of fused-ring (bicyclic) bond motifs is 2. The molecular weight excluding hydrogens is 514 g/mol. The molecule has 4 rings (SSSR count). The van der Waals surface area contributed by atoms with Crippen LogP contribution in [0.15, 0.2) is 77.4 Å². The van der Waals surface area contributed by atoms with E-state index in [0.29, 0.717) is 17.8 Å². The molecule has 0 bridgehead atoms. The van der Waals surface area contributed by atoms with Crippen molar-refractivity contribution in [2.45, 2.75) is 69.9 Å². The number of aliphatic hydroxyl groups is 1. The Labute approximate surface area is 242 Å². The highest BCUT2D eigenvalue weighted by molar-refractivity contribution is 5.87. The fourth-order valence-electron chi connectivity index (χ4n) is 5.81. The van der Waals surface area contributed by atoms with Crippen molar-refractivity contribution in [3.63, 3.8) is 0 Å². The Kier molecular flexibility index (Phi) is 10.6. The molecule has 1 aliphatic rings. The number of unbranched alkanes of at least 4 members (excludes halogenated alkanes) is 1. The number of carboxylic acid groups (broad SMARTS) is 1. The van der Waals surface area contributed by atoms with Crippen LogP contribution in [-0.2, 0) is 4.79 Å². The normalized spacial score (nSPS) is 18.0. The van der Waals surface area contributed by atoms with E-state index in [-0.39, 0.29) is 30.4 Å². The SMILES string of the molecule is CCCCC(O)CCCC1c2cc3ccccc3cc2C=CC1CC([N-]c1ccc[nH]1)C(=CC(=O)O)CN=C(N)N. The highest BCUT2D eigenvalue weighted by Crippen LogP contribution is 2.43. The number of hydrogen-bond acceptors (Lipinski definition) is 3. The Balaban J connectivity index is 1.66. The van der Waals surface area contributed by atoms with Gasteiger partial charge in [-0.25, -0.2) is 9.79 Å². The first kappa shape index (κ1) is 29.9. The van der Waals surface area contributed by atoms with Crippen molar-refractivity contribution in [1.82, 2.24) is 4.98 Å². The summed E-state index contributed by atoms with van der Waals surface area (Å²) in [6, 6.07) is 16.2. The largest absolute Gasteiger partial charge is 0.478 e. The molecule has 218 valence electrons. The molecule has 0 radical (unpaired) electrons. The van der Waals surface area contributed by atoms with Crippen LogP contribution in [0, 0.1) is 5.92 Å². The molecule has 0 fully saturated rings. The van der Waals surface area contributed by atoms with E-state index in [4.69, 9.17) is 16.8 Å². The van der Waals surface area contributed by atoms with Crippen LogP contribution in [0.25, 0.3) is 22.2 Å². The summed E-state index contributed by atoms with van der Waals surface area (Å²) in [5.41, 5.74) is 14.2. The van der Waals surface area contributed by atoms with Gasteiger partial charge < -0.3 is 32.0 Å². The minimum absolute atomic E-state index is 0.0510. The first-order valence-electron chi connectivity index (χ1n) is 14.6. The number of allylic oxidation sites excluding steroid dienone is 1. The molecule has 1 heterocycles. The fourth-order valence-corrected chi connectivity index (χ4v) is 5.81. The van der Waals surface area contributed by atoms with E-state index in [2.05, 4.69) is 65.5 Å². The first-order valence-corrected chi connectivity index (χ1v) is 14.6. The summed E-state index contributed by atoms with van der Waals surface area (Å²) in [4.78, 5) is 19.1. The van der Waals surface area contributed by atoms with Crippen LogP contribution in [0.5, 0.6) is 0 Å². The van der Waals surface area contributed by atoms with E-state index < -0.39 is 12.0 Å². The molecule has 8 heteroatoms. The van der Waals surface area contributed by atoms with Crippen molar-refractivity contribution in [2.75, 3.05) is 6.54 Å². The number of carbonyl (C=O) groups is 1. The zero-order valence-electron chi connectivity index (χ0n) is 23.7. The highest BCUT2D eigenvalue weighted by atomic mass is 16.4. The van der Waals surface area contributed by atoms with Crippen LogP contribution in [0.2, 0.25) is 0 Å². The zero-order chi connectivity index (χ0) is 29.2. The van der Waals surface area contributed by atoms with E-state index in [1.54, 1.807) is 6.20 Å². The number of aliphatic hydroxyl groups excluding tert-OH is 1. The van der Waals surface area contributed by atoms with Gasteiger partial charge in [-0.05, 0) is 77.1 Å². The molecular formula is C33H42N5O3-. The Morgan fingerprint density at radius 1 is 1.12 bits per heavy atom. The molecule has 41 heavy (non-hydrogen) atoms. The lowest BCUT2D eigenvalue weighted by molar-refractivity contribution is -0.131. The molecule has 1 aromatic heterocycles. The summed E-state index contributed by atoms with van der Waals surface area (Å²) in [5.74, 6) is -0.216. The number of aromatic nitrogens is 1. The number of nitrogens with two attached hydrogens (primary N) is 2. The predicted octanol–water partition coefficient (Wildman–Crippen LogP) is 6.36. The Bertz CT molecular complexity index is 1370. The van der Waals surface area contributed by atoms with Crippen LogP contribution >= 0.6 is 0 Å². The number of hydrogen-bond donors (Lipinski definition) is 5. The second-order valence-corrected chi connectivity index (χ2v) is 10.9. The summed E-state index contributed by atoms with van der Waals surface area (Å²) >= 11 is 0. The first-order chi connectivity index (χ1) is 19.8. The maximum Gasteiger partial charge on any atom is 0.328 e. The number of rotatable bonds is 15. The number of aliphatic imine (C=N–C) groups is 1. The van der Waals surface area contributed by atoms with Crippen LogP contribution < -0.4 is 11.5 Å². The van der Waals surface area contributed by atoms with Gasteiger partial charge in [0, 0.05) is 6.08 Å². The van der Waals surface area contributed by atoms with Gasteiger partial charge in [-0.1, -0.05) is 92.8 Å². The Hall–Kier alpha value is -4.04. The third-order valence-electron chi connectivity index (χ3n) is 7.89. The fraction of sp³-hybridized carbons (Fsp3) is 0.394. The Morgan fingerprint density at radius 2 is 1.88 bits per heavy atom. The van der Waals surface area contributed by atoms with E-state index in [9.17, 15) is 15.0 Å². The smallest absolute Gasteiger partial charge is 0.328 e. The molecule has 0 aliphatic heterocycles. The summed E-state index contributed by atoms with van der Waals surface area (Å²) in [6.45, 7) is 2.19. The lowest BCUT2D eigenvalue weighted by atomic mass is 9.73. The highest BCUT2D eigenvalue weighted by Gasteiger charge is 2.29. The number of aromatic amines is 1. The third kappa shape index (κ3) is 8.47. The van der Waals surface area contributed by atoms with Gasteiger partial charge >= 0.3 is 5.97 Å². The van der Waals surface area contributed by atoms with E-state index in [1.807, 2.05) is 12.1 Å². The predicted molar refractivity (Wildman–Crippen MR) is 167 cm³/mol. The van der Waals surface area contributed by atoms with Crippen LogP contribution in [0.3, 0.4) is 0 Å². The Morgan fingerprint density at radius 3 is 2.56 bits per heavy atom. The molecule has 0 saturated carbocycles. The summed E-state index contributed by atoms with van der Waals surface area (Å²) in [6.07, 6.45) is 13.2. The second kappa shape index (κ2) is 14.6.